The van der Waals surface area contributed by atoms with Crippen molar-refractivity contribution in [1.29, 1.82) is 0 Å². The van der Waals surface area contributed by atoms with Gasteiger partial charge in [-0.25, -0.2) is 0 Å². The summed E-state index contributed by atoms with van der Waals surface area (Å²) in [5.74, 6) is 0. The Morgan fingerprint density at radius 3 is 2.67 bits per heavy atom. The lowest BCUT2D eigenvalue weighted by atomic mass is 10.2. The minimum atomic E-state index is -0.456. The monoisotopic (exact) mass is 294 g/mol. The zero-order valence-electron chi connectivity index (χ0n) is 13.6. The average Bonchev–Trinajstić information content (AvgIpc) is 2.51. The number of nitrogens with one attached hydrogen (secondary N) is 1. The second kappa shape index (κ2) is 10.7. The zero-order valence-corrected chi connectivity index (χ0v) is 13.6. The quantitative estimate of drug-likeness (QED) is 0.612. The van der Waals surface area contributed by atoms with Gasteiger partial charge >= 0.3 is 0 Å². The van der Waals surface area contributed by atoms with E-state index < -0.39 is 6.10 Å². The maximum absolute atomic E-state index is 9.85. The van der Waals surface area contributed by atoms with E-state index in [0.717, 1.165) is 25.1 Å². The number of benzene rings is 1. The van der Waals surface area contributed by atoms with Gasteiger partial charge in [0, 0.05) is 25.7 Å². The molecule has 1 rings (SSSR count). The summed E-state index contributed by atoms with van der Waals surface area (Å²) < 4.78 is 5.51. The summed E-state index contributed by atoms with van der Waals surface area (Å²) in [7, 11) is 2.13. The van der Waals surface area contributed by atoms with Gasteiger partial charge in [-0.05, 0) is 26.0 Å². The van der Waals surface area contributed by atoms with Crippen LogP contribution in [0.15, 0.2) is 30.3 Å². The number of aliphatic hydroxyl groups excluding tert-OH is 1. The van der Waals surface area contributed by atoms with Crippen LogP contribution in [0.1, 0.15) is 25.8 Å². The third-order valence-electron chi connectivity index (χ3n) is 3.79. The number of hydrogen-bond acceptors (Lipinski definition) is 4. The van der Waals surface area contributed by atoms with Gasteiger partial charge < -0.3 is 20.1 Å². The molecule has 0 amide bonds. The van der Waals surface area contributed by atoms with Crippen LogP contribution in [0.3, 0.4) is 0 Å². The average molecular weight is 294 g/mol. The SMILES string of the molecule is CCC(C)N(C)CCNCC(O)COCc1ccccc1. The van der Waals surface area contributed by atoms with Crippen molar-refractivity contribution in [2.45, 2.75) is 39.0 Å². The summed E-state index contributed by atoms with van der Waals surface area (Å²) in [6.07, 6.45) is 0.703. The zero-order chi connectivity index (χ0) is 15.5. The molecule has 4 heteroatoms. The second-order valence-corrected chi connectivity index (χ2v) is 5.60. The molecule has 0 saturated heterocycles. The van der Waals surface area contributed by atoms with Gasteiger partial charge in [0.05, 0.1) is 19.3 Å². The molecular formula is C17H30N2O2. The van der Waals surface area contributed by atoms with Gasteiger partial charge in [0.15, 0.2) is 0 Å². The minimum absolute atomic E-state index is 0.364. The van der Waals surface area contributed by atoms with Crippen LogP contribution in [0.5, 0.6) is 0 Å². The molecule has 0 aliphatic heterocycles. The van der Waals surface area contributed by atoms with Crippen molar-refractivity contribution in [3.8, 4) is 0 Å². The van der Waals surface area contributed by atoms with Crippen molar-refractivity contribution in [3.05, 3.63) is 35.9 Å². The molecule has 2 unspecified atom stereocenters. The van der Waals surface area contributed by atoms with E-state index in [0.29, 0.717) is 25.8 Å². The van der Waals surface area contributed by atoms with E-state index in [2.05, 4.69) is 31.1 Å². The number of likely N-dealkylation sites (N-methyl/N-ethyl adjacent to an activating group) is 1. The van der Waals surface area contributed by atoms with E-state index in [1.807, 2.05) is 30.3 Å². The summed E-state index contributed by atoms with van der Waals surface area (Å²) in [4.78, 5) is 2.32. The molecule has 0 aliphatic carbocycles. The molecule has 0 spiro atoms. The number of rotatable bonds is 11. The Hall–Kier alpha value is -0.940. The van der Waals surface area contributed by atoms with E-state index in [-0.39, 0.29) is 0 Å². The first-order valence-electron chi connectivity index (χ1n) is 7.84. The second-order valence-electron chi connectivity index (χ2n) is 5.60. The molecule has 0 radical (unpaired) electrons. The molecule has 4 nitrogen and oxygen atoms in total. The lowest BCUT2D eigenvalue weighted by molar-refractivity contribution is 0.0287. The predicted molar refractivity (Wildman–Crippen MR) is 87.4 cm³/mol. The van der Waals surface area contributed by atoms with Crippen molar-refractivity contribution in [2.24, 2.45) is 0 Å². The van der Waals surface area contributed by atoms with E-state index in [4.69, 9.17) is 4.74 Å². The first kappa shape index (κ1) is 18.1. The van der Waals surface area contributed by atoms with E-state index in [9.17, 15) is 5.11 Å². The standard InChI is InChI=1S/C17H30N2O2/c1-4-15(2)19(3)11-10-18-12-17(20)14-21-13-16-8-6-5-7-9-16/h5-9,15,17-18,20H,4,10-14H2,1-3H3. The van der Waals surface area contributed by atoms with Crippen LogP contribution >= 0.6 is 0 Å². The van der Waals surface area contributed by atoms with E-state index >= 15 is 0 Å². The molecule has 0 bridgehead atoms. The maximum atomic E-state index is 9.85. The minimum Gasteiger partial charge on any atom is -0.389 e. The molecule has 0 fully saturated rings. The highest BCUT2D eigenvalue weighted by Crippen LogP contribution is 2.01. The van der Waals surface area contributed by atoms with Gasteiger partial charge in [-0.3, -0.25) is 0 Å². The van der Waals surface area contributed by atoms with Crippen LogP contribution < -0.4 is 5.32 Å². The fourth-order valence-corrected chi connectivity index (χ4v) is 2.00. The maximum Gasteiger partial charge on any atom is 0.0897 e. The molecule has 0 saturated carbocycles. The fraction of sp³-hybridized carbons (Fsp3) is 0.647. The van der Waals surface area contributed by atoms with Gasteiger partial charge in [0.1, 0.15) is 0 Å². The largest absolute Gasteiger partial charge is 0.389 e. The summed E-state index contributed by atoms with van der Waals surface area (Å²) >= 11 is 0. The summed E-state index contributed by atoms with van der Waals surface area (Å²) in [6.45, 7) is 7.79. The molecule has 0 aliphatic rings. The van der Waals surface area contributed by atoms with Crippen LogP contribution in [0.25, 0.3) is 0 Å². The van der Waals surface area contributed by atoms with E-state index in [1.165, 1.54) is 0 Å². The van der Waals surface area contributed by atoms with Crippen LogP contribution in [0, 0.1) is 0 Å². The highest BCUT2D eigenvalue weighted by Gasteiger charge is 2.07. The molecular weight excluding hydrogens is 264 g/mol. The number of aliphatic hydroxyl groups is 1. The van der Waals surface area contributed by atoms with E-state index in [1.54, 1.807) is 0 Å². The molecule has 0 heterocycles. The van der Waals surface area contributed by atoms with Crippen molar-refractivity contribution in [2.75, 3.05) is 33.3 Å². The highest BCUT2D eigenvalue weighted by atomic mass is 16.5. The summed E-state index contributed by atoms with van der Waals surface area (Å²) in [6, 6.07) is 10.6. The normalized spacial score (nSPS) is 14.3. The van der Waals surface area contributed by atoms with Gasteiger partial charge in [-0.2, -0.15) is 0 Å². The Morgan fingerprint density at radius 1 is 1.29 bits per heavy atom. The molecule has 21 heavy (non-hydrogen) atoms. The highest BCUT2D eigenvalue weighted by molar-refractivity contribution is 5.13. The van der Waals surface area contributed by atoms with Crippen molar-refractivity contribution in [1.82, 2.24) is 10.2 Å². The Morgan fingerprint density at radius 2 is 2.00 bits per heavy atom. The van der Waals surface area contributed by atoms with Crippen LogP contribution in [-0.2, 0) is 11.3 Å². The van der Waals surface area contributed by atoms with Gasteiger partial charge in [0.25, 0.3) is 0 Å². The molecule has 1 aromatic rings. The smallest absolute Gasteiger partial charge is 0.0897 e. The third-order valence-corrected chi connectivity index (χ3v) is 3.79. The van der Waals surface area contributed by atoms with Gasteiger partial charge in [-0.15, -0.1) is 0 Å². The Bertz CT molecular complexity index is 359. The van der Waals surface area contributed by atoms with Crippen LogP contribution in [-0.4, -0.2) is 55.4 Å². The fourth-order valence-electron chi connectivity index (χ4n) is 2.00. The topological polar surface area (TPSA) is 44.7 Å². The Kier molecular flexibility index (Phi) is 9.26. The van der Waals surface area contributed by atoms with Crippen LogP contribution in [0.4, 0.5) is 0 Å². The summed E-state index contributed by atoms with van der Waals surface area (Å²) in [5, 5.41) is 13.1. The predicted octanol–water partition coefficient (Wildman–Crippen LogP) is 1.88. The number of nitrogens with zero attached hydrogens (tertiary/aromatic N) is 1. The van der Waals surface area contributed by atoms with Gasteiger partial charge in [-0.1, -0.05) is 37.3 Å². The molecule has 0 aromatic heterocycles. The Labute approximate surface area is 129 Å². The Balaban J connectivity index is 2.02. The number of ether oxygens (including phenoxy) is 1. The van der Waals surface area contributed by atoms with Crippen LogP contribution in [0.2, 0.25) is 0 Å². The molecule has 2 atom stereocenters. The van der Waals surface area contributed by atoms with Crippen molar-refractivity contribution in [3.63, 3.8) is 0 Å². The lowest BCUT2D eigenvalue weighted by Crippen LogP contribution is -2.38. The third kappa shape index (κ3) is 8.17. The first-order valence-corrected chi connectivity index (χ1v) is 7.84. The molecule has 2 N–H and O–H groups in total. The lowest BCUT2D eigenvalue weighted by Gasteiger charge is -2.23. The summed E-state index contributed by atoms with van der Waals surface area (Å²) in [5.41, 5.74) is 1.13. The van der Waals surface area contributed by atoms with Crippen molar-refractivity contribution >= 4 is 0 Å². The van der Waals surface area contributed by atoms with Gasteiger partial charge in [0.2, 0.25) is 0 Å². The molecule has 120 valence electrons. The number of hydrogen-bond donors (Lipinski definition) is 2. The van der Waals surface area contributed by atoms with Crippen molar-refractivity contribution < 1.29 is 9.84 Å². The first-order chi connectivity index (χ1) is 10.1. The molecule has 1 aromatic carbocycles.